The number of aromatic nitrogens is 3. The molecule has 1 fully saturated rings. The summed E-state index contributed by atoms with van der Waals surface area (Å²) >= 11 is 0. The van der Waals surface area contributed by atoms with Gasteiger partial charge in [0.05, 0.1) is 22.9 Å². The van der Waals surface area contributed by atoms with E-state index in [4.69, 9.17) is 4.74 Å². The number of carbonyl (C=O) groups is 1. The van der Waals surface area contributed by atoms with E-state index in [2.05, 4.69) is 20.7 Å². The SMILES string of the molecule is CC1(C)C[C@H](NC(=O)NCc2ccc(-n3cncn3)cc2)C(C)(C)O1. The molecule has 1 aliphatic heterocycles. The Morgan fingerprint density at radius 2 is 2.00 bits per heavy atom. The van der Waals surface area contributed by atoms with Crippen molar-refractivity contribution in [1.82, 2.24) is 25.4 Å². The van der Waals surface area contributed by atoms with Crippen LogP contribution in [0.15, 0.2) is 36.9 Å². The van der Waals surface area contributed by atoms with Crippen LogP contribution in [-0.4, -0.2) is 38.0 Å². The molecule has 0 bridgehead atoms. The Hall–Kier alpha value is -2.41. The topological polar surface area (TPSA) is 81.1 Å². The number of rotatable bonds is 4. The van der Waals surface area contributed by atoms with Gasteiger partial charge in [0.1, 0.15) is 12.7 Å². The summed E-state index contributed by atoms with van der Waals surface area (Å²) < 4.78 is 7.69. The third-order valence-corrected chi connectivity index (χ3v) is 4.45. The first-order valence-corrected chi connectivity index (χ1v) is 8.44. The molecule has 0 unspecified atom stereocenters. The normalized spacial score (nSPS) is 21.0. The molecule has 1 atom stereocenters. The van der Waals surface area contributed by atoms with Crippen LogP contribution < -0.4 is 10.6 Å². The average molecular weight is 343 g/mol. The third kappa shape index (κ3) is 4.17. The molecule has 0 spiro atoms. The van der Waals surface area contributed by atoms with Crippen molar-refractivity contribution in [2.24, 2.45) is 0 Å². The van der Waals surface area contributed by atoms with Gasteiger partial charge in [0, 0.05) is 6.54 Å². The van der Waals surface area contributed by atoms with Crippen LogP contribution >= 0.6 is 0 Å². The van der Waals surface area contributed by atoms with Gasteiger partial charge < -0.3 is 15.4 Å². The quantitative estimate of drug-likeness (QED) is 0.893. The van der Waals surface area contributed by atoms with Crippen LogP contribution in [0.1, 0.15) is 39.7 Å². The summed E-state index contributed by atoms with van der Waals surface area (Å²) in [6, 6.07) is 7.61. The van der Waals surface area contributed by atoms with Crippen molar-refractivity contribution < 1.29 is 9.53 Å². The van der Waals surface area contributed by atoms with Gasteiger partial charge in [-0.3, -0.25) is 0 Å². The van der Waals surface area contributed by atoms with E-state index in [1.54, 1.807) is 11.0 Å². The Kier molecular flexibility index (Phi) is 4.51. The first kappa shape index (κ1) is 17.4. The molecule has 7 heteroatoms. The predicted octanol–water partition coefficient (Wildman–Crippen LogP) is 2.41. The molecule has 1 aliphatic rings. The molecule has 1 aromatic carbocycles. The molecule has 3 rings (SSSR count). The predicted molar refractivity (Wildman–Crippen MR) is 94.4 cm³/mol. The highest BCUT2D eigenvalue weighted by Gasteiger charge is 2.46. The van der Waals surface area contributed by atoms with Crippen molar-refractivity contribution in [1.29, 1.82) is 0 Å². The molecular formula is C18H25N5O2. The van der Waals surface area contributed by atoms with Gasteiger partial charge in [0.2, 0.25) is 0 Å². The lowest BCUT2D eigenvalue weighted by molar-refractivity contribution is -0.0690. The highest BCUT2D eigenvalue weighted by molar-refractivity contribution is 5.74. The zero-order valence-corrected chi connectivity index (χ0v) is 15.1. The number of hydrogen-bond donors (Lipinski definition) is 2. The zero-order chi connectivity index (χ0) is 18.1. The summed E-state index contributed by atoms with van der Waals surface area (Å²) in [6.45, 7) is 8.57. The summed E-state index contributed by atoms with van der Waals surface area (Å²) in [5, 5.41) is 10.0. The zero-order valence-electron chi connectivity index (χ0n) is 15.1. The number of benzene rings is 1. The highest BCUT2D eigenvalue weighted by atomic mass is 16.5. The van der Waals surface area contributed by atoms with Crippen LogP contribution in [0.5, 0.6) is 0 Å². The van der Waals surface area contributed by atoms with E-state index in [1.165, 1.54) is 6.33 Å². The number of hydrogen-bond acceptors (Lipinski definition) is 4. The molecule has 25 heavy (non-hydrogen) atoms. The third-order valence-electron chi connectivity index (χ3n) is 4.45. The van der Waals surface area contributed by atoms with Gasteiger partial charge in [-0.15, -0.1) is 0 Å². The largest absolute Gasteiger partial charge is 0.367 e. The summed E-state index contributed by atoms with van der Waals surface area (Å²) in [7, 11) is 0. The minimum atomic E-state index is -0.375. The fourth-order valence-corrected chi connectivity index (χ4v) is 3.29. The lowest BCUT2D eigenvalue weighted by atomic mass is 9.95. The van der Waals surface area contributed by atoms with Crippen LogP contribution in [0, 0.1) is 0 Å². The number of amides is 2. The smallest absolute Gasteiger partial charge is 0.315 e. The molecule has 134 valence electrons. The fourth-order valence-electron chi connectivity index (χ4n) is 3.29. The van der Waals surface area contributed by atoms with Crippen LogP contribution in [0.2, 0.25) is 0 Å². The Labute approximate surface area is 147 Å². The maximum absolute atomic E-state index is 12.2. The number of nitrogens with zero attached hydrogens (tertiary/aromatic N) is 3. The molecule has 2 heterocycles. The maximum atomic E-state index is 12.2. The second-order valence-corrected chi connectivity index (χ2v) is 7.56. The van der Waals surface area contributed by atoms with Crippen LogP contribution in [0.4, 0.5) is 4.79 Å². The average Bonchev–Trinajstić information content (AvgIpc) is 3.12. The van der Waals surface area contributed by atoms with E-state index in [1.807, 2.05) is 52.0 Å². The Bertz CT molecular complexity index is 722. The molecule has 0 saturated carbocycles. The van der Waals surface area contributed by atoms with E-state index < -0.39 is 0 Å². The second-order valence-electron chi connectivity index (χ2n) is 7.56. The van der Waals surface area contributed by atoms with Crippen molar-refractivity contribution in [3.05, 3.63) is 42.5 Å². The van der Waals surface area contributed by atoms with Crippen molar-refractivity contribution in [2.45, 2.75) is 57.9 Å². The van der Waals surface area contributed by atoms with E-state index in [0.717, 1.165) is 17.7 Å². The van der Waals surface area contributed by atoms with Gasteiger partial charge in [0.25, 0.3) is 0 Å². The lowest BCUT2D eigenvalue weighted by Crippen LogP contribution is -2.49. The van der Waals surface area contributed by atoms with Gasteiger partial charge in [-0.2, -0.15) is 5.10 Å². The van der Waals surface area contributed by atoms with Crippen molar-refractivity contribution in [3.8, 4) is 5.69 Å². The van der Waals surface area contributed by atoms with Crippen molar-refractivity contribution in [3.63, 3.8) is 0 Å². The summed E-state index contributed by atoms with van der Waals surface area (Å²) in [5.41, 5.74) is 1.35. The molecule has 1 aromatic heterocycles. The van der Waals surface area contributed by atoms with Gasteiger partial charge >= 0.3 is 6.03 Å². The lowest BCUT2D eigenvalue weighted by Gasteiger charge is -2.27. The molecule has 2 amide bonds. The number of urea groups is 1. The first-order chi connectivity index (χ1) is 11.8. The highest BCUT2D eigenvalue weighted by Crippen LogP contribution is 2.37. The molecule has 7 nitrogen and oxygen atoms in total. The van der Waals surface area contributed by atoms with Gasteiger partial charge in [-0.1, -0.05) is 12.1 Å². The monoisotopic (exact) mass is 343 g/mol. The van der Waals surface area contributed by atoms with Crippen LogP contribution in [0.25, 0.3) is 5.69 Å². The van der Waals surface area contributed by atoms with Gasteiger partial charge in [-0.05, 0) is 51.8 Å². The summed E-state index contributed by atoms with van der Waals surface area (Å²) in [5.74, 6) is 0. The number of nitrogens with one attached hydrogen (secondary N) is 2. The maximum Gasteiger partial charge on any atom is 0.315 e. The molecular weight excluding hydrogens is 318 g/mol. The molecule has 2 aromatic rings. The minimum Gasteiger partial charge on any atom is -0.367 e. The first-order valence-electron chi connectivity index (χ1n) is 8.44. The van der Waals surface area contributed by atoms with Gasteiger partial charge in [-0.25, -0.2) is 14.5 Å². The van der Waals surface area contributed by atoms with E-state index >= 15 is 0 Å². The second kappa shape index (κ2) is 6.48. The molecule has 2 N–H and O–H groups in total. The summed E-state index contributed by atoms with van der Waals surface area (Å²) in [4.78, 5) is 16.2. The Morgan fingerprint density at radius 1 is 1.28 bits per heavy atom. The standard InChI is InChI=1S/C18H25N5O2/c1-17(2)9-15(18(3,4)25-17)22-16(24)20-10-13-5-7-14(8-6-13)23-12-19-11-21-23/h5-8,11-12,15H,9-10H2,1-4H3,(H2,20,22,24)/t15-/m0/s1. The van der Waals surface area contributed by atoms with Crippen molar-refractivity contribution in [2.75, 3.05) is 0 Å². The fraction of sp³-hybridized carbons (Fsp3) is 0.500. The number of ether oxygens (including phenoxy) is 1. The van der Waals surface area contributed by atoms with Crippen LogP contribution in [0.3, 0.4) is 0 Å². The van der Waals surface area contributed by atoms with Crippen LogP contribution in [-0.2, 0) is 11.3 Å². The molecule has 0 aliphatic carbocycles. The molecule has 0 radical (unpaired) electrons. The van der Waals surface area contributed by atoms with E-state index in [9.17, 15) is 4.79 Å². The van der Waals surface area contributed by atoms with E-state index in [0.29, 0.717) is 6.54 Å². The minimum absolute atomic E-state index is 0.0165. The summed E-state index contributed by atoms with van der Waals surface area (Å²) in [6.07, 6.45) is 3.93. The van der Waals surface area contributed by atoms with Gasteiger partial charge in [0.15, 0.2) is 0 Å². The van der Waals surface area contributed by atoms with E-state index in [-0.39, 0.29) is 23.3 Å². The van der Waals surface area contributed by atoms with Crippen molar-refractivity contribution >= 4 is 6.03 Å². The molecule has 1 saturated heterocycles. The number of carbonyl (C=O) groups excluding carboxylic acids is 1. The Morgan fingerprint density at radius 3 is 2.56 bits per heavy atom. The Balaban J connectivity index is 1.52.